The van der Waals surface area contributed by atoms with E-state index in [9.17, 15) is 19.5 Å². The molecule has 178 valence electrons. The van der Waals surface area contributed by atoms with Gasteiger partial charge in [-0.25, -0.2) is 4.79 Å². The van der Waals surface area contributed by atoms with Crippen molar-refractivity contribution >= 4 is 33.7 Å². The largest absolute Gasteiger partial charge is 0.488 e. The van der Waals surface area contributed by atoms with Gasteiger partial charge >= 0.3 is 5.97 Å². The molecule has 0 fully saturated rings. The number of carbonyl (C=O) groups excluding carboxylic acids is 2. The Morgan fingerprint density at radius 2 is 1.73 bits per heavy atom. The number of hydrogen-bond donors (Lipinski definition) is 2. The Bertz CT molecular complexity index is 988. The Balaban J connectivity index is 2.07. The maximum absolute atomic E-state index is 12.8. The molecule has 2 atom stereocenters. The number of nitrogens with zero attached hydrogens (tertiary/aromatic N) is 1. The summed E-state index contributed by atoms with van der Waals surface area (Å²) in [7, 11) is 1.44. The van der Waals surface area contributed by atoms with Crippen LogP contribution in [0, 0.1) is 5.41 Å². The summed E-state index contributed by atoms with van der Waals surface area (Å²) in [4.78, 5) is 38.1. The molecule has 0 aromatic heterocycles. The number of halogens is 1. The number of carboxylic acid groups (broad SMARTS) is 1. The number of rotatable bonds is 9. The summed E-state index contributed by atoms with van der Waals surface area (Å²) in [6.45, 7) is 7.19. The lowest BCUT2D eigenvalue weighted by Crippen LogP contribution is -2.53. The quantitative estimate of drug-likeness (QED) is 0.522. The minimum absolute atomic E-state index is 0.106. The standard InChI is InChI=1S/C25H31BrN2O5/c1-16(27-24(32)25(2,3)4)22(29)28(5)20(23(30)31)14-18-11-12-21(19(26)13-18)33-15-17-9-7-6-8-10-17/h6-13,16,20H,14-15H2,1-5H3,(H,27,32)(H,30,31)/t16-,20+/m0/s1. The van der Waals surface area contributed by atoms with Crippen molar-refractivity contribution in [1.82, 2.24) is 10.2 Å². The first-order chi connectivity index (χ1) is 15.4. The molecule has 0 aliphatic rings. The van der Waals surface area contributed by atoms with Crippen molar-refractivity contribution in [3.05, 3.63) is 64.1 Å². The lowest BCUT2D eigenvalue weighted by molar-refractivity contribution is -0.150. The smallest absolute Gasteiger partial charge is 0.326 e. The van der Waals surface area contributed by atoms with Gasteiger partial charge in [-0.2, -0.15) is 0 Å². The van der Waals surface area contributed by atoms with Crippen LogP contribution in [-0.4, -0.2) is 46.9 Å². The summed E-state index contributed by atoms with van der Waals surface area (Å²) in [6, 6.07) is 13.2. The number of aliphatic carboxylic acids is 1. The zero-order valence-electron chi connectivity index (χ0n) is 19.6. The molecule has 7 nitrogen and oxygen atoms in total. The molecule has 2 amide bonds. The fourth-order valence-corrected chi connectivity index (χ4v) is 3.61. The lowest BCUT2D eigenvalue weighted by Gasteiger charge is -2.29. The second kappa shape index (κ2) is 11.3. The Kier molecular flexibility index (Phi) is 9.05. The molecule has 8 heteroatoms. The second-order valence-electron chi connectivity index (χ2n) is 8.99. The van der Waals surface area contributed by atoms with Gasteiger partial charge in [-0.05, 0) is 46.1 Å². The van der Waals surface area contributed by atoms with Gasteiger partial charge in [0.05, 0.1) is 4.47 Å². The van der Waals surface area contributed by atoms with Crippen molar-refractivity contribution in [1.29, 1.82) is 0 Å². The van der Waals surface area contributed by atoms with Gasteiger partial charge in [0.1, 0.15) is 24.4 Å². The second-order valence-corrected chi connectivity index (χ2v) is 9.85. The third-order valence-corrected chi connectivity index (χ3v) is 5.78. The highest BCUT2D eigenvalue weighted by molar-refractivity contribution is 9.10. The summed E-state index contributed by atoms with van der Waals surface area (Å²) in [6.07, 6.45) is 0.106. The van der Waals surface area contributed by atoms with Gasteiger partial charge in [0.15, 0.2) is 0 Å². The average molecular weight is 519 g/mol. The van der Waals surface area contributed by atoms with E-state index in [0.29, 0.717) is 16.8 Å². The molecule has 0 heterocycles. The normalized spacial score (nSPS) is 13.0. The van der Waals surface area contributed by atoms with Gasteiger partial charge in [0, 0.05) is 18.9 Å². The number of likely N-dealkylation sites (N-methyl/N-ethyl adjacent to an activating group) is 1. The molecule has 2 aromatic rings. The van der Waals surface area contributed by atoms with Crippen molar-refractivity contribution < 1.29 is 24.2 Å². The van der Waals surface area contributed by atoms with E-state index in [2.05, 4.69) is 21.2 Å². The average Bonchev–Trinajstić information content (AvgIpc) is 2.75. The molecule has 2 rings (SSSR count). The molecule has 0 unspecified atom stereocenters. The molecule has 2 N–H and O–H groups in total. The van der Waals surface area contributed by atoms with Crippen LogP contribution in [0.3, 0.4) is 0 Å². The molecule has 33 heavy (non-hydrogen) atoms. The number of nitrogens with one attached hydrogen (secondary N) is 1. The Labute approximate surface area is 203 Å². The Morgan fingerprint density at radius 3 is 2.27 bits per heavy atom. The van der Waals surface area contributed by atoms with Crippen LogP contribution in [0.5, 0.6) is 5.75 Å². The fourth-order valence-electron chi connectivity index (χ4n) is 3.07. The SMILES string of the molecule is C[C@H](NC(=O)C(C)(C)C)C(=O)N(C)[C@H](Cc1ccc(OCc2ccccc2)c(Br)c1)C(=O)O. The van der Waals surface area contributed by atoms with Crippen molar-refractivity contribution in [2.24, 2.45) is 5.41 Å². The van der Waals surface area contributed by atoms with Crippen LogP contribution in [0.2, 0.25) is 0 Å². The van der Waals surface area contributed by atoms with E-state index >= 15 is 0 Å². The minimum Gasteiger partial charge on any atom is -0.488 e. The van der Waals surface area contributed by atoms with Crippen LogP contribution in [0.15, 0.2) is 53.0 Å². The van der Waals surface area contributed by atoms with Gasteiger partial charge in [0.2, 0.25) is 11.8 Å². The summed E-state index contributed by atoms with van der Waals surface area (Å²) in [5, 5.41) is 12.4. The van der Waals surface area contributed by atoms with Gasteiger partial charge < -0.3 is 20.1 Å². The highest BCUT2D eigenvalue weighted by Crippen LogP contribution is 2.28. The third-order valence-electron chi connectivity index (χ3n) is 5.16. The van der Waals surface area contributed by atoms with E-state index in [1.165, 1.54) is 11.9 Å². The highest BCUT2D eigenvalue weighted by atomic mass is 79.9. The van der Waals surface area contributed by atoms with Crippen LogP contribution in [0.25, 0.3) is 0 Å². The van der Waals surface area contributed by atoms with Crippen LogP contribution in [0.1, 0.15) is 38.8 Å². The first kappa shape index (κ1) is 26.4. The molecular weight excluding hydrogens is 488 g/mol. The Hall–Kier alpha value is -2.87. The third kappa shape index (κ3) is 7.60. The topological polar surface area (TPSA) is 95.9 Å². The summed E-state index contributed by atoms with van der Waals surface area (Å²) >= 11 is 3.48. The van der Waals surface area contributed by atoms with Gasteiger partial charge in [-0.3, -0.25) is 9.59 Å². The Morgan fingerprint density at radius 1 is 1.09 bits per heavy atom. The molecule has 0 bridgehead atoms. The molecule has 0 radical (unpaired) electrons. The molecule has 0 spiro atoms. The number of ether oxygens (including phenoxy) is 1. The van der Waals surface area contributed by atoms with Crippen LogP contribution in [-0.2, 0) is 27.4 Å². The number of carbonyl (C=O) groups is 3. The summed E-state index contributed by atoms with van der Waals surface area (Å²) in [5.74, 6) is -1.24. The molecule has 0 saturated heterocycles. The van der Waals surface area contributed by atoms with Gasteiger partial charge in [-0.15, -0.1) is 0 Å². The predicted molar refractivity (Wildman–Crippen MR) is 130 cm³/mol. The van der Waals surface area contributed by atoms with E-state index in [-0.39, 0.29) is 12.3 Å². The molecule has 0 aliphatic heterocycles. The molecule has 2 aromatic carbocycles. The fraction of sp³-hybridized carbons (Fsp3) is 0.400. The number of carboxylic acids is 1. The van der Waals surface area contributed by atoms with Crippen molar-refractivity contribution in [2.75, 3.05) is 7.05 Å². The number of hydrogen-bond acceptors (Lipinski definition) is 4. The lowest BCUT2D eigenvalue weighted by atomic mass is 9.95. The van der Waals surface area contributed by atoms with E-state index < -0.39 is 29.4 Å². The summed E-state index contributed by atoms with van der Waals surface area (Å²) < 4.78 is 6.54. The van der Waals surface area contributed by atoms with Crippen molar-refractivity contribution in [2.45, 2.75) is 52.8 Å². The molecule has 0 saturated carbocycles. The van der Waals surface area contributed by atoms with E-state index in [0.717, 1.165) is 11.1 Å². The molecular formula is C25H31BrN2O5. The van der Waals surface area contributed by atoms with E-state index in [4.69, 9.17) is 4.74 Å². The van der Waals surface area contributed by atoms with E-state index in [1.807, 2.05) is 30.3 Å². The highest BCUT2D eigenvalue weighted by Gasteiger charge is 2.32. The zero-order valence-corrected chi connectivity index (χ0v) is 21.2. The van der Waals surface area contributed by atoms with E-state index in [1.54, 1.807) is 45.9 Å². The predicted octanol–water partition coefficient (Wildman–Crippen LogP) is 4.03. The first-order valence-corrected chi connectivity index (χ1v) is 11.4. The van der Waals surface area contributed by atoms with Gasteiger partial charge in [-0.1, -0.05) is 57.2 Å². The monoisotopic (exact) mass is 518 g/mol. The summed E-state index contributed by atoms with van der Waals surface area (Å²) in [5.41, 5.74) is 1.11. The van der Waals surface area contributed by atoms with Crippen LogP contribution < -0.4 is 10.1 Å². The zero-order chi connectivity index (χ0) is 24.8. The maximum Gasteiger partial charge on any atom is 0.326 e. The molecule has 0 aliphatic carbocycles. The number of amides is 2. The minimum atomic E-state index is -1.12. The maximum atomic E-state index is 12.8. The number of benzene rings is 2. The van der Waals surface area contributed by atoms with Crippen LogP contribution >= 0.6 is 15.9 Å². The van der Waals surface area contributed by atoms with Crippen LogP contribution in [0.4, 0.5) is 0 Å². The van der Waals surface area contributed by atoms with Gasteiger partial charge in [0.25, 0.3) is 0 Å². The van der Waals surface area contributed by atoms with Crippen molar-refractivity contribution in [3.63, 3.8) is 0 Å². The van der Waals surface area contributed by atoms with Crippen molar-refractivity contribution in [3.8, 4) is 5.75 Å². The first-order valence-electron chi connectivity index (χ1n) is 10.7.